The van der Waals surface area contributed by atoms with Crippen LogP contribution in [-0.2, 0) is 0 Å². The van der Waals surface area contributed by atoms with Gasteiger partial charge in [-0.25, -0.2) is 0 Å². The van der Waals surface area contributed by atoms with Crippen LogP contribution in [0.4, 0.5) is 0 Å². The zero-order valence-corrected chi connectivity index (χ0v) is 30.5. The molecule has 0 radical (unpaired) electrons. The molecule has 0 saturated heterocycles. The Morgan fingerprint density at radius 2 is 0.768 bits per heavy atom. The van der Waals surface area contributed by atoms with Gasteiger partial charge in [-0.15, -0.1) is 11.3 Å². The van der Waals surface area contributed by atoms with E-state index in [1.165, 1.54) is 58.3 Å². The lowest BCUT2D eigenvalue weighted by Crippen LogP contribution is -1.95. The first kappa shape index (κ1) is 30.8. The molecule has 0 aliphatic rings. The number of hydrogen-bond donors (Lipinski definition) is 0. The molecule has 4 aromatic heterocycles. The summed E-state index contributed by atoms with van der Waals surface area (Å²) in [6, 6.07) is 62.6. The number of para-hydroxylation sites is 3. The van der Waals surface area contributed by atoms with Gasteiger partial charge in [-0.3, -0.25) is 0 Å². The number of aromatic nitrogens is 3. The smallest absolute Gasteiger partial charge is 0.0991 e. The van der Waals surface area contributed by atoms with E-state index in [4.69, 9.17) is 0 Å². The van der Waals surface area contributed by atoms with E-state index in [1.807, 2.05) is 47.7 Å². The Balaban J connectivity index is 1.11. The fourth-order valence-electron chi connectivity index (χ4n) is 9.04. The second kappa shape index (κ2) is 11.4. The Morgan fingerprint density at radius 3 is 1.30 bits per heavy atom. The normalized spacial score (nSPS) is 11.9. The van der Waals surface area contributed by atoms with Crippen LogP contribution in [0.15, 0.2) is 164 Å². The first-order valence-corrected chi connectivity index (χ1v) is 19.4. The third-order valence-corrected chi connectivity index (χ3v) is 12.6. The van der Waals surface area contributed by atoms with Crippen molar-refractivity contribution in [2.24, 2.45) is 0 Å². The molecule has 8 aromatic carbocycles. The van der Waals surface area contributed by atoms with Crippen LogP contribution in [0, 0.1) is 22.7 Å². The SMILES string of the molecule is N#Cc1ccc2c(c1)c1cc(C#N)ccc1n2-c1ccc2sc3ccc(-n4c5ccccc5c5cc6c7ccccc7n(-c7ccccc7)c6cc54)cc3c2c1. The summed E-state index contributed by atoms with van der Waals surface area (Å²) in [4.78, 5) is 0. The predicted octanol–water partition coefficient (Wildman–Crippen LogP) is 13.1. The van der Waals surface area contributed by atoms with Crippen LogP contribution >= 0.6 is 11.3 Å². The number of nitriles is 2. The van der Waals surface area contributed by atoms with E-state index in [9.17, 15) is 10.5 Å². The molecular formula is C50H27N5S. The molecule has 0 aliphatic heterocycles. The molecule has 0 unspecified atom stereocenters. The van der Waals surface area contributed by atoms with Crippen LogP contribution in [0.25, 0.3) is 103 Å². The summed E-state index contributed by atoms with van der Waals surface area (Å²) in [5, 5.41) is 28.7. The molecule has 5 nitrogen and oxygen atoms in total. The van der Waals surface area contributed by atoms with Crippen LogP contribution in [0.2, 0.25) is 0 Å². The molecule has 12 aromatic rings. The Hall–Kier alpha value is -7.64. The first-order valence-electron chi connectivity index (χ1n) is 18.5. The zero-order valence-electron chi connectivity index (χ0n) is 29.7. The van der Waals surface area contributed by atoms with Gasteiger partial charge in [0.05, 0.1) is 56.4 Å². The lowest BCUT2D eigenvalue weighted by Gasteiger charge is -2.11. The average Bonchev–Trinajstić information content (AvgIpc) is 3.98. The summed E-state index contributed by atoms with van der Waals surface area (Å²) in [5.41, 5.74) is 11.2. The van der Waals surface area contributed by atoms with Crippen LogP contribution in [-0.4, -0.2) is 13.7 Å². The van der Waals surface area contributed by atoms with E-state index in [0.717, 1.165) is 44.4 Å². The van der Waals surface area contributed by atoms with Crippen molar-refractivity contribution < 1.29 is 0 Å². The molecular weight excluding hydrogens is 703 g/mol. The molecule has 0 atom stereocenters. The minimum atomic E-state index is 0.595. The van der Waals surface area contributed by atoms with Crippen molar-refractivity contribution >= 4 is 96.9 Å². The molecule has 0 fully saturated rings. The third-order valence-electron chi connectivity index (χ3n) is 11.5. The average molecular weight is 730 g/mol. The number of rotatable bonds is 3. The van der Waals surface area contributed by atoms with Crippen LogP contribution in [0.5, 0.6) is 0 Å². The van der Waals surface area contributed by atoms with Gasteiger partial charge in [0.1, 0.15) is 0 Å². The highest BCUT2D eigenvalue weighted by atomic mass is 32.1. The number of thiophene rings is 1. The maximum Gasteiger partial charge on any atom is 0.0991 e. The van der Waals surface area contributed by atoms with E-state index in [2.05, 4.69) is 153 Å². The molecule has 0 bridgehead atoms. The van der Waals surface area contributed by atoms with Gasteiger partial charge in [0, 0.05) is 69.6 Å². The standard InChI is InChI=1S/C50H27N5S/c51-28-30-14-18-45-37(22-30)38-23-31(29-52)15-19-46(38)54(45)33-16-20-49-41(24-33)42-25-34(17-21-50(42)56-49)55-44-13-7-5-11-36(44)40-26-39-35-10-4-6-12-43(35)53(47(39)27-48(40)55)32-8-2-1-3-9-32/h1-27H. The van der Waals surface area contributed by atoms with Crippen LogP contribution in [0.1, 0.15) is 11.1 Å². The highest BCUT2D eigenvalue weighted by molar-refractivity contribution is 7.25. The lowest BCUT2D eigenvalue weighted by molar-refractivity contribution is 1.17. The van der Waals surface area contributed by atoms with Crippen molar-refractivity contribution in [3.05, 3.63) is 175 Å². The summed E-state index contributed by atoms with van der Waals surface area (Å²) in [5.74, 6) is 0. The molecule has 6 heteroatoms. The fourth-order valence-corrected chi connectivity index (χ4v) is 10.1. The van der Waals surface area contributed by atoms with Crippen LogP contribution < -0.4 is 0 Å². The fraction of sp³-hybridized carbons (Fsp3) is 0. The van der Waals surface area contributed by atoms with E-state index in [-0.39, 0.29) is 0 Å². The Morgan fingerprint density at radius 1 is 0.321 bits per heavy atom. The van der Waals surface area contributed by atoms with Crippen molar-refractivity contribution in [3.63, 3.8) is 0 Å². The van der Waals surface area contributed by atoms with E-state index >= 15 is 0 Å². The predicted molar refractivity (Wildman–Crippen MR) is 232 cm³/mol. The molecule has 0 amide bonds. The van der Waals surface area contributed by atoms with Crippen molar-refractivity contribution in [1.29, 1.82) is 10.5 Å². The molecule has 258 valence electrons. The topological polar surface area (TPSA) is 62.4 Å². The molecule has 0 spiro atoms. The Labute approximate surface area is 323 Å². The van der Waals surface area contributed by atoms with Gasteiger partial charge in [0.2, 0.25) is 0 Å². The van der Waals surface area contributed by atoms with Crippen molar-refractivity contribution in [2.75, 3.05) is 0 Å². The second-order valence-corrected chi connectivity index (χ2v) is 15.5. The van der Waals surface area contributed by atoms with Gasteiger partial charge in [0.15, 0.2) is 0 Å². The lowest BCUT2D eigenvalue weighted by atomic mass is 10.1. The van der Waals surface area contributed by atoms with Gasteiger partial charge in [-0.1, -0.05) is 54.6 Å². The van der Waals surface area contributed by atoms with E-state index in [0.29, 0.717) is 11.1 Å². The van der Waals surface area contributed by atoms with Crippen molar-refractivity contribution in [2.45, 2.75) is 0 Å². The Kier molecular flexibility index (Phi) is 6.28. The van der Waals surface area contributed by atoms with Gasteiger partial charge in [0.25, 0.3) is 0 Å². The monoisotopic (exact) mass is 729 g/mol. The highest BCUT2D eigenvalue weighted by Crippen LogP contribution is 2.42. The largest absolute Gasteiger partial charge is 0.309 e. The Bertz CT molecular complexity index is 3660. The second-order valence-electron chi connectivity index (χ2n) is 14.4. The van der Waals surface area contributed by atoms with Crippen LogP contribution in [0.3, 0.4) is 0 Å². The third kappa shape index (κ3) is 4.22. The molecule has 0 N–H and O–H groups in total. The minimum absolute atomic E-state index is 0.595. The van der Waals surface area contributed by atoms with Crippen molar-refractivity contribution in [3.8, 4) is 29.2 Å². The molecule has 0 aliphatic carbocycles. The maximum absolute atomic E-state index is 9.72. The summed E-state index contributed by atoms with van der Waals surface area (Å²) >= 11 is 1.81. The van der Waals surface area contributed by atoms with Crippen molar-refractivity contribution in [1.82, 2.24) is 13.7 Å². The van der Waals surface area contributed by atoms with Gasteiger partial charge >= 0.3 is 0 Å². The molecule has 0 saturated carbocycles. The zero-order chi connectivity index (χ0) is 37.1. The number of fused-ring (bicyclic) bond motifs is 12. The van der Waals surface area contributed by atoms with Gasteiger partial charge in [-0.2, -0.15) is 10.5 Å². The molecule has 56 heavy (non-hydrogen) atoms. The summed E-state index contributed by atoms with van der Waals surface area (Å²) in [7, 11) is 0. The summed E-state index contributed by atoms with van der Waals surface area (Å²) in [6.07, 6.45) is 0. The molecule has 4 heterocycles. The number of hydrogen-bond acceptors (Lipinski definition) is 3. The number of nitrogens with zero attached hydrogens (tertiary/aromatic N) is 5. The summed E-state index contributed by atoms with van der Waals surface area (Å²) < 4.78 is 9.52. The first-order chi connectivity index (χ1) is 27.7. The van der Waals surface area contributed by atoms with E-state index < -0.39 is 0 Å². The van der Waals surface area contributed by atoms with E-state index in [1.54, 1.807) is 0 Å². The van der Waals surface area contributed by atoms with Gasteiger partial charge in [-0.05, 0) is 109 Å². The summed E-state index contributed by atoms with van der Waals surface area (Å²) in [6.45, 7) is 0. The maximum atomic E-state index is 9.72. The molecule has 12 rings (SSSR count). The highest BCUT2D eigenvalue weighted by Gasteiger charge is 2.20. The number of benzene rings is 8. The van der Waals surface area contributed by atoms with Gasteiger partial charge < -0.3 is 13.7 Å². The minimum Gasteiger partial charge on any atom is -0.309 e. The quantitative estimate of drug-likeness (QED) is 0.182.